The van der Waals surface area contributed by atoms with Crippen LogP contribution >= 0.6 is 0 Å². The van der Waals surface area contributed by atoms with Crippen LogP contribution in [-0.2, 0) is 35.1 Å². The Morgan fingerprint density at radius 2 is 1.42 bits per heavy atom. The third-order valence-corrected chi connectivity index (χ3v) is 5.97. The molecule has 0 spiro atoms. The van der Waals surface area contributed by atoms with Gasteiger partial charge in [0.1, 0.15) is 6.61 Å². The second kappa shape index (κ2) is 12.3. The van der Waals surface area contributed by atoms with Crippen molar-refractivity contribution in [2.45, 2.75) is 37.9 Å². The van der Waals surface area contributed by atoms with Gasteiger partial charge in [-0.25, -0.2) is 4.79 Å². The number of ether oxygens (including phenoxy) is 2. The lowest BCUT2D eigenvalue weighted by Gasteiger charge is -2.47. The Morgan fingerprint density at radius 3 is 1.95 bits per heavy atom. The molecule has 0 bridgehead atoms. The molecule has 1 saturated heterocycles. The van der Waals surface area contributed by atoms with Crippen molar-refractivity contribution in [2.75, 3.05) is 6.61 Å². The van der Waals surface area contributed by atoms with Crippen LogP contribution in [-0.4, -0.2) is 58.7 Å². The highest BCUT2D eigenvalue weighted by Gasteiger charge is 2.54. The maximum Gasteiger partial charge on any atom is 0.357 e. The van der Waals surface area contributed by atoms with Gasteiger partial charge >= 0.3 is 5.97 Å². The first-order chi connectivity index (χ1) is 18.3. The Balaban J connectivity index is 1.48. The Labute approximate surface area is 220 Å². The minimum absolute atomic E-state index is 0.0183. The van der Waals surface area contributed by atoms with Gasteiger partial charge in [-0.15, -0.1) is 0 Å². The molecule has 3 atom stereocenters. The number of rotatable bonds is 11. The molecule has 9 nitrogen and oxygen atoms in total. The molecule has 196 valence electrons. The molecule has 0 aliphatic carbocycles. The zero-order valence-corrected chi connectivity index (χ0v) is 20.7. The third-order valence-electron chi connectivity index (χ3n) is 5.97. The minimum Gasteiger partial charge on any atom is -0.449 e. The van der Waals surface area contributed by atoms with Crippen molar-refractivity contribution < 1.29 is 33.8 Å². The summed E-state index contributed by atoms with van der Waals surface area (Å²) in [5.41, 5.74) is 2.08. The van der Waals surface area contributed by atoms with Crippen LogP contribution in [0.15, 0.2) is 91.0 Å². The summed E-state index contributed by atoms with van der Waals surface area (Å²) in [4.78, 5) is 50.9. The van der Waals surface area contributed by atoms with Crippen molar-refractivity contribution in [3.05, 3.63) is 108 Å². The van der Waals surface area contributed by atoms with E-state index in [0.29, 0.717) is 11.1 Å². The van der Waals surface area contributed by atoms with E-state index in [0.717, 1.165) is 10.5 Å². The fourth-order valence-electron chi connectivity index (χ4n) is 4.14. The SMILES string of the molecule is CC(=O)CO[C@@H]1[C@H](NC(=O)Cc2ccccc2)C(=O)N1C(O)C(=O)OC(c1ccccc1)c1ccccc1. The molecular formula is C29H28N2O7. The molecular weight excluding hydrogens is 488 g/mol. The van der Waals surface area contributed by atoms with Crippen LogP contribution in [0.5, 0.6) is 0 Å². The first-order valence-corrected chi connectivity index (χ1v) is 12.1. The highest BCUT2D eigenvalue weighted by molar-refractivity contribution is 5.96. The fraction of sp³-hybridized carbons (Fsp3) is 0.241. The maximum atomic E-state index is 13.1. The maximum absolute atomic E-state index is 13.1. The summed E-state index contributed by atoms with van der Waals surface area (Å²) in [6, 6.07) is 25.7. The molecule has 1 fully saturated rings. The first kappa shape index (κ1) is 26.7. The number of carbonyl (C=O) groups is 4. The number of hydrogen-bond acceptors (Lipinski definition) is 7. The van der Waals surface area contributed by atoms with Crippen molar-refractivity contribution in [3.8, 4) is 0 Å². The van der Waals surface area contributed by atoms with Crippen molar-refractivity contribution >= 4 is 23.6 Å². The van der Waals surface area contributed by atoms with Gasteiger partial charge in [-0.2, -0.15) is 0 Å². The van der Waals surface area contributed by atoms with Crippen molar-refractivity contribution in [1.29, 1.82) is 0 Å². The number of likely N-dealkylation sites (tertiary alicyclic amines) is 1. The lowest BCUT2D eigenvalue weighted by molar-refractivity contribution is -0.220. The molecule has 0 radical (unpaired) electrons. The molecule has 3 aromatic carbocycles. The number of carbonyl (C=O) groups excluding carboxylic acids is 4. The van der Waals surface area contributed by atoms with Crippen LogP contribution in [0.1, 0.15) is 29.7 Å². The van der Waals surface area contributed by atoms with E-state index in [1.807, 2.05) is 18.2 Å². The average molecular weight is 517 g/mol. The number of nitrogens with one attached hydrogen (secondary N) is 1. The van der Waals surface area contributed by atoms with Gasteiger partial charge in [-0.3, -0.25) is 19.3 Å². The summed E-state index contributed by atoms with van der Waals surface area (Å²) >= 11 is 0. The van der Waals surface area contributed by atoms with E-state index in [9.17, 15) is 24.3 Å². The van der Waals surface area contributed by atoms with Gasteiger partial charge in [0, 0.05) is 0 Å². The number of Topliss-reactive ketones (excluding diaryl/α,β-unsaturated/α-hetero) is 1. The van der Waals surface area contributed by atoms with E-state index in [4.69, 9.17) is 9.47 Å². The highest BCUT2D eigenvalue weighted by atomic mass is 16.6. The van der Waals surface area contributed by atoms with Crippen LogP contribution in [0, 0.1) is 0 Å². The van der Waals surface area contributed by atoms with Crippen LogP contribution in [0.2, 0.25) is 0 Å². The Kier molecular flexibility index (Phi) is 8.62. The summed E-state index contributed by atoms with van der Waals surface area (Å²) in [6.07, 6.45) is -4.07. The molecule has 1 aliphatic heterocycles. The standard InChI is InChI=1S/C29H28N2O7/c1-19(32)18-37-28-24(30-23(33)17-20-11-5-2-6-12-20)26(34)31(28)27(35)29(36)38-25(21-13-7-3-8-14-21)22-15-9-4-10-16-22/h2-16,24-25,27-28,35H,17-18H2,1H3,(H,30,33)/t24-,27?,28-/m1/s1. The van der Waals surface area contributed by atoms with Gasteiger partial charge in [-0.1, -0.05) is 91.0 Å². The molecule has 0 saturated carbocycles. The molecule has 4 rings (SSSR count). The molecule has 38 heavy (non-hydrogen) atoms. The minimum atomic E-state index is -2.02. The molecule has 1 unspecified atom stereocenters. The van der Waals surface area contributed by atoms with E-state index in [-0.39, 0.29) is 18.8 Å². The van der Waals surface area contributed by atoms with Gasteiger partial charge < -0.3 is 19.9 Å². The summed E-state index contributed by atoms with van der Waals surface area (Å²) in [5.74, 6) is -2.60. The van der Waals surface area contributed by atoms with E-state index in [2.05, 4.69) is 5.32 Å². The zero-order valence-electron chi connectivity index (χ0n) is 20.7. The largest absolute Gasteiger partial charge is 0.449 e. The van der Waals surface area contributed by atoms with E-state index >= 15 is 0 Å². The lowest BCUT2D eigenvalue weighted by atomic mass is 10.0. The number of benzene rings is 3. The zero-order chi connectivity index (χ0) is 27.1. The summed E-state index contributed by atoms with van der Waals surface area (Å²) in [7, 11) is 0. The van der Waals surface area contributed by atoms with Gasteiger partial charge in [0.25, 0.3) is 5.91 Å². The normalized spacial score (nSPS) is 17.4. The lowest BCUT2D eigenvalue weighted by Crippen LogP contribution is -2.75. The second-order valence-corrected chi connectivity index (χ2v) is 8.87. The number of amides is 2. The number of ketones is 1. The smallest absolute Gasteiger partial charge is 0.357 e. The number of hydrogen-bond donors (Lipinski definition) is 2. The van der Waals surface area contributed by atoms with Crippen molar-refractivity contribution in [3.63, 3.8) is 0 Å². The first-order valence-electron chi connectivity index (χ1n) is 12.1. The third kappa shape index (κ3) is 6.31. The molecule has 0 aromatic heterocycles. The van der Waals surface area contributed by atoms with Gasteiger partial charge in [0.15, 0.2) is 24.2 Å². The van der Waals surface area contributed by atoms with Gasteiger partial charge in [0.2, 0.25) is 12.1 Å². The average Bonchev–Trinajstić information content (AvgIpc) is 2.93. The number of aliphatic hydroxyl groups is 1. The van der Waals surface area contributed by atoms with E-state index in [1.54, 1.807) is 72.8 Å². The van der Waals surface area contributed by atoms with Gasteiger partial charge in [0.05, 0.1) is 6.42 Å². The Morgan fingerprint density at radius 1 is 0.895 bits per heavy atom. The molecule has 3 aromatic rings. The summed E-state index contributed by atoms with van der Waals surface area (Å²) in [6.45, 7) is 0.917. The summed E-state index contributed by atoms with van der Waals surface area (Å²) < 4.78 is 11.2. The molecule has 1 heterocycles. The van der Waals surface area contributed by atoms with E-state index < -0.39 is 42.4 Å². The van der Waals surface area contributed by atoms with Crippen LogP contribution in [0.25, 0.3) is 0 Å². The quantitative estimate of drug-likeness (QED) is 0.296. The number of β-lactam (4-membered cyclic amide) rings is 1. The predicted octanol–water partition coefficient (Wildman–Crippen LogP) is 2.14. The Hall–Kier alpha value is -4.34. The molecule has 9 heteroatoms. The van der Waals surface area contributed by atoms with Crippen LogP contribution in [0.3, 0.4) is 0 Å². The van der Waals surface area contributed by atoms with Crippen LogP contribution < -0.4 is 5.32 Å². The predicted molar refractivity (Wildman–Crippen MR) is 136 cm³/mol. The Bertz CT molecular complexity index is 1230. The van der Waals surface area contributed by atoms with Gasteiger partial charge in [-0.05, 0) is 23.6 Å². The monoisotopic (exact) mass is 516 g/mol. The second-order valence-electron chi connectivity index (χ2n) is 8.87. The molecule has 2 N–H and O–H groups in total. The highest BCUT2D eigenvalue weighted by Crippen LogP contribution is 2.29. The van der Waals surface area contributed by atoms with E-state index in [1.165, 1.54) is 6.92 Å². The van der Waals surface area contributed by atoms with Crippen molar-refractivity contribution in [2.24, 2.45) is 0 Å². The number of aliphatic hydroxyl groups excluding tert-OH is 1. The topological polar surface area (TPSA) is 122 Å². The number of esters is 1. The molecule has 2 amide bonds. The summed E-state index contributed by atoms with van der Waals surface area (Å²) in [5, 5.41) is 13.4. The van der Waals surface area contributed by atoms with Crippen molar-refractivity contribution in [1.82, 2.24) is 10.2 Å². The molecule has 1 aliphatic rings. The fourth-order valence-corrected chi connectivity index (χ4v) is 4.14. The van der Waals surface area contributed by atoms with Crippen LogP contribution in [0.4, 0.5) is 0 Å². The number of nitrogens with zero attached hydrogens (tertiary/aromatic N) is 1.